The molecule has 5 amide bonds. The van der Waals surface area contributed by atoms with Gasteiger partial charge in [-0.1, -0.05) is 39.8 Å². The quantitative estimate of drug-likeness (QED) is 0.256. The highest BCUT2D eigenvalue weighted by Crippen LogP contribution is 2.19. The molecule has 1 aliphatic rings. The third-order valence-electron chi connectivity index (χ3n) is 7.36. The number of amides is 5. The van der Waals surface area contributed by atoms with E-state index < -0.39 is 60.1 Å². The molecule has 13 nitrogen and oxygen atoms in total. The van der Waals surface area contributed by atoms with Gasteiger partial charge in [0, 0.05) is 0 Å². The molecule has 4 atom stereocenters. The lowest BCUT2D eigenvalue weighted by Gasteiger charge is -2.27. The molecule has 0 fully saturated rings. The van der Waals surface area contributed by atoms with E-state index >= 15 is 0 Å². The summed E-state index contributed by atoms with van der Waals surface area (Å²) in [6.07, 6.45) is -0.166. The number of hydrogen-bond donors (Lipinski definition) is 5. The second-order valence-electron chi connectivity index (χ2n) is 12.2. The van der Waals surface area contributed by atoms with Crippen molar-refractivity contribution >= 4 is 29.5 Å². The molecule has 0 aliphatic carbocycles. The molecule has 0 spiro atoms. The van der Waals surface area contributed by atoms with Crippen molar-refractivity contribution in [2.24, 2.45) is 11.8 Å². The first-order chi connectivity index (χ1) is 22.4. The van der Waals surface area contributed by atoms with Gasteiger partial charge >= 0.3 is 0 Å². The molecule has 2 aromatic rings. The molecule has 0 saturated carbocycles. The van der Waals surface area contributed by atoms with E-state index in [9.17, 15) is 24.0 Å². The molecule has 1 heterocycles. The number of fused-ring (bicyclic) bond motifs is 1. The fourth-order valence-electron chi connectivity index (χ4n) is 4.88. The van der Waals surface area contributed by atoms with Crippen LogP contribution in [0.5, 0.6) is 17.2 Å². The fraction of sp³-hybridized carbons (Fsp3) is 0.500. The molecule has 0 bridgehead atoms. The number of benzene rings is 2. The Morgan fingerprint density at radius 2 is 1.60 bits per heavy atom. The number of nitrogens with one attached hydrogen (secondary N) is 5. The first-order valence-electron chi connectivity index (χ1n) is 15.8. The predicted molar refractivity (Wildman–Crippen MR) is 175 cm³/mol. The van der Waals surface area contributed by atoms with Crippen LogP contribution in [0.15, 0.2) is 48.5 Å². The first-order valence-corrected chi connectivity index (χ1v) is 15.8. The Morgan fingerprint density at radius 1 is 0.915 bits per heavy atom. The Balaban J connectivity index is 1.85. The van der Waals surface area contributed by atoms with E-state index in [0.29, 0.717) is 11.5 Å². The highest BCUT2D eigenvalue weighted by atomic mass is 16.5. The zero-order valence-corrected chi connectivity index (χ0v) is 27.9. The van der Waals surface area contributed by atoms with E-state index in [0.717, 1.165) is 0 Å². The van der Waals surface area contributed by atoms with Crippen molar-refractivity contribution in [3.63, 3.8) is 0 Å². The van der Waals surface area contributed by atoms with Gasteiger partial charge in [0.25, 0.3) is 5.91 Å². The maximum absolute atomic E-state index is 13.5. The molecule has 1 aliphatic heterocycles. The summed E-state index contributed by atoms with van der Waals surface area (Å²) in [5, 5.41) is 13.7. The average molecular weight is 654 g/mol. The van der Waals surface area contributed by atoms with E-state index in [1.807, 2.05) is 27.7 Å². The molecule has 0 aromatic heterocycles. The molecule has 2 aromatic carbocycles. The van der Waals surface area contributed by atoms with E-state index in [-0.39, 0.29) is 49.3 Å². The number of para-hydroxylation sites is 1. The lowest BCUT2D eigenvalue weighted by Crippen LogP contribution is -2.57. The highest BCUT2D eigenvalue weighted by molar-refractivity contribution is 6.01. The molecule has 5 N–H and O–H groups in total. The number of ether oxygens (including phenoxy) is 3. The van der Waals surface area contributed by atoms with Crippen molar-refractivity contribution in [2.45, 2.75) is 71.6 Å². The Morgan fingerprint density at radius 3 is 2.26 bits per heavy atom. The van der Waals surface area contributed by atoms with Gasteiger partial charge in [0.1, 0.15) is 48.6 Å². The Labute approximate surface area is 275 Å². The van der Waals surface area contributed by atoms with Crippen LogP contribution in [0, 0.1) is 11.8 Å². The maximum Gasteiger partial charge on any atom is 0.255 e. The molecule has 13 heteroatoms. The topological polar surface area (TPSA) is 173 Å². The van der Waals surface area contributed by atoms with Gasteiger partial charge in [-0.2, -0.15) is 0 Å². The Hall–Kier alpha value is -4.81. The van der Waals surface area contributed by atoms with E-state index in [4.69, 9.17) is 14.2 Å². The fourth-order valence-corrected chi connectivity index (χ4v) is 4.88. The van der Waals surface area contributed by atoms with Crippen LogP contribution in [-0.4, -0.2) is 80.6 Å². The summed E-state index contributed by atoms with van der Waals surface area (Å²) in [4.78, 5) is 66.8. The van der Waals surface area contributed by atoms with Gasteiger partial charge in [-0.3, -0.25) is 24.0 Å². The van der Waals surface area contributed by atoms with Crippen LogP contribution in [0.1, 0.15) is 57.8 Å². The minimum absolute atomic E-state index is 0.0182. The van der Waals surface area contributed by atoms with E-state index in [2.05, 4.69) is 26.6 Å². The van der Waals surface area contributed by atoms with Gasteiger partial charge in [-0.25, -0.2) is 0 Å². The molecule has 47 heavy (non-hydrogen) atoms. The monoisotopic (exact) mass is 653 g/mol. The van der Waals surface area contributed by atoms with Crippen molar-refractivity contribution in [3.05, 3.63) is 54.1 Å². The number of rotatable bonds is 9. The smallest absolute Gasteiger partial charge is 0.255 e. The summed E-state index contributed by atoms with van der Waals surface area (Å²) >= 11 is 0. The molecule has 0 radical (unpaired) electrons. The summed E-state index contributed by atoms with van der Waals surface area (Å²) in [5.41, 5.74) is 0.144. The van der Waals surface area contributed by atoms with Crippen molar-refractivity contribution in [1.82, 2.24) is 26.6 Å². The van der Waals surface area contributed by atoms with Crippen LogP contribution in [-0.2, 0) is 19.2 Å². The summed E-state index contributed by atoms with van der Waals surface area (Å²) in [6.45, 7) is 9.41. The standard InChI is InChI=1S/C34H47N5O8/c1-20(2)17-26-33(43)39-30(21(3)4)34(44)36-22(5)19-47-28-10-8-7-9-25(28)31(41)38-27(18-29(40)37-26)32(42)35-15-16-46-24-13-11-23(45-6)12-14-24/h7-14,20-22,26-27,30H,15-19H2,1-6H3,(H,35,42)(H,36,44)(H,37,40)(H,38,41)(H,39,43)/t22-,26-,27-,30+/m0/s1. The Kier molecular flexibility index (Phi) is 13.9. The molecular weight excluding hydrogens is 606 g/mol. The normalized spacial score (nSPS) is 21.3. The first kappa shape index (κ1) is 36.7. The minimum Gasteiger partial charge on any atom is -0.497 e. The van der Waals surface area contributed by atoms with E-state index in [1.54, 1.807) is 56.5 Å². The molecule has 0 saturated heterocycles. The van der Waals surface area contributed by atoms with Gasteiger partial charge in [0.15, 0.2) is 0 Å². The van der Waals surface area contributed by atoms with Crippen LogP contribution in [0.25, 0.3) is 0 Å². The summed E-state index contributed by atoms with van der Waals surface area (Å²) < 4.78 is 16.7. The van der Waals surface area contributed by atoms with Crippen LogP contribution in [0.4, 0.5) is 0 Å². The average Bonchev–Trinajstić information content (AvgIpc) is 3.03. The Bertz CT molecular complexity index is 1380. The minimum atomic E-state index is -1.29. The van der Waals surface area contributed by atoms with Crippen molar-refractivity contribution in [1.29, 1.82) is 0 Å². The van der Waals surface area contributed by atoms with Crippen LogP contribution >= 0.6 is 0 Å². The SMILES string of the molecule is COc1ccc(OCCNC(=O)[C@@H]2CC(=O)N[C@@H](CC(C)C)C(=O)N[C@H](C(C)C)C(=O)N[C@@H](C)COc3ccccc3C(=O)N2)cc1. The zero-order chi connectivity index (χ0) is 34.5. The molecular formula is C34H47N5O8. The summed E-state index contributed by atoms with van der Waals surface area (Å²) in [7, 11) is 1.56. The summed E-state index contributed by atoms with van der Waals surface area (Å²) in [5.74, 6) is -1.56. The zero-order valence-electron chi connectivity index (χ0n) is 27.9. The van der Waals surface area contributed by atoms with Gasteiger partial charge in [0.2, 0.25) is 23.6 Å². The highest BCUT2D eigenvalue weighted by Gasteiger charge is 2.32. The number of carbonyl (C=O) groups is 5. The lowest BCUT2D eigenvalue weighted by atomic mass is 9.99. The van der Waals surface area contributed by atoms with Crippen LogP contribution in [0.3, 0.4) is 0 Å². The number of hydrogen-bond acceptors (Lipinski definition) is 8. The molecule has 0 unspecified atom stereocenters. The van der Waals surface area contributed by atoms with Gasteiger partial charge in [-0.15, -0.1) is 0 Å². The van der Waals surface area contributed by atoms with Crippen LogP contribution < -0.4 is 40.8 Å². The second-order valence-corrected chi connectivity index (χ2v) is 12.2. The van der Waals surface area contributed by atoms with Gasteiger partial charge < -0.3 is 40.8 Å². The van der Waals surface area contributed by atoms with Crippen molar-refractivity contribution < 1.29 is 38.2 Å². The third kappa shape index (κ3) is 11.5. The second kappa shape index (κ2) is 17.8. The number of methoxy groups -OCH3 is 1. The summed E-state index contributed by atoms with van der Waals surface area (Å²) in [6, 6.07) is 9.81. The van der Waals surface area contributed by atoms with Crippen molar-refractivity contribution in [3.8, 4) is 17.2 Å². The predicted octanol–water partition coefficient (Wildman–Crippen LogP) is 1.95. The maximum atomic E-state index is 13.5. The lowest BCUT2D eigenvalue weighted by molar-refractivity contribution is -0.134. The van der Waals surface area contributed by atoms with Crippen LogP contribution in [0.2, 0.25) is 0 Å². The van der Waals surface area contributed by atoms with E-state index in [1.165, 1.54) is 6.07 Å². The number of carbonyl (C=O) groups excluding carboxylic acids is 5. The van der Waals surface area contributed by atoms with Crippen molar-refractivity contribution in [2.75, 3.05) is 26.9 Å². The molecule has 256 valence electrons. The van der Waals surface area contributed by atoms with Gasteiger partial charge in [0.05, 0.1) is 31.7 Å². The molecule has 3 rings (SSSR count). The van der Waals surface area contributed by atoms with Gasteiger partial charge in [-0.05, 0) is 61.6 Å². The third-order valence-corrected chi connectivity index (χ3v) is 7.36. The largest absolute Gasteiger partial charge is 0.497 e.